The molecule has 0 heterocycles. The number of rotatable bonds is 14. The molecular weight excluding hydrogens is 425 g/mol. The zero-order chi connectivity index (χ0) is 24.4. The first-order chi connectivity index (χ1) is 15.0. The van der Waals surface area contributed by atoms with E-state index < -0.39 is 13.7 Å². The second-order valence-electron chi connectivity index (χ2n) is 9.28. The molecule has 1 aromatic rings. The van der Waals surface area contributed by atoms with Crippen molar-refractivity contribution in [1.29, 1.82) is 0 Å². The van der Waals surface area contributed by atoms with Gasteiger partial charge in [0.25, 0.3) is 0 Å². The lowest BCUT2D eigenvalue weighted by Gasteiger charge is -2.42. The largest absolute Gasteiger partial charge is 0.481 e. The number of aliphatic hydroxyl groups excluding tert-OH is 1. The van der Waals surface area contributed by atoms with E-state index in [9.17, 15) is 9.67 Å². The van der Waals surface area contributed by atoms with Gasteiger partial charge in [-0.25, -0.2) is 0 Å². The van der Waals surface area contributed by atoms with Crippen LogP contribution >= 0.6 is 7.60 Å². The van der Waals surface area contributed by atoms with E-state index in [-0.39, 0.29) is 23.7 Å². The summed E-state index contributed by atoms with van der Waals surface area (Å²) in [5.41, 5.74) is 1.03. The number of aliphatic hydroxyl groups is 1. The second kappa shape index (κ2) is 13.5. The summed E-state index contributed by atoms with van der Waals surface area (Å²) >= 11 is 0. The number of ether oxygens (including phenoxy) is 1. The number of nitrogens with zero attached hydrogens (tertiary/aromatic N) is 1. The van der Waals surface area contributed by atoms with Crippen LogP contribution < -0.4 is 4.74 Å². The normalized spacial score (nSPS) is 15.8. The Morgan fingerprint density at radius 1 is 1.09 bits per heavy atom. The summed E-state index contributed by atoms with van der Waals surface area (Å²) in [6.07, 6.45) is 4.42. The van der Waals surface area contributed by atoms with Gasteiger partial charge in [-0.2, -0.15) is 0 Å². The van der Waals surface area contributed by atoms with Gasteiger partial charge < -0.3 is 23.8 Å². The van der Waals surface area contributed by atoms with Gasteiger partial charge in [-0.15, -0.1) is 0 Å². The van der Waals surface area contributed by atoms with Crippen LogP contribution in [0.2, 0.25) is 0 Å². The van der Waals surface area contributed by atoms with E-state index in [0.29, 0.717) is 19.0 Å². The minimum Gasteiger partial charge on any atom is -0.481 e. The molecule has 6 nitrogen and oxygen atoms in total. The molecule has 0 spiro atoms. The van der Waals surface area contributed by atoms with E-state index >= 15 is 0 Å². The number of hydrogen-bond donors (Lipinski definition) is 1. The van der Waals surface area contributed by atoms with Crippen molar-refractivity contribution in [3.8, 4) is 5.75 Å². The minimum absolute atomic E-state index is 0.00766. The highest BCUT2D eigenvalue weighted by atomic mass is 31.2. The van der Waals surface area contributed by atoms with Crippen LogP contribution in [-0.2, 0) is 13.6 Å². The van der Waals surface area contributed by atoms with Gasteiger partial charge in [0.1, 0.15) is 5.75 Å². The lowest BCUT2D eigenvalue weighted by molar-refractivity contribution is -0.0230. The van der Waals surface area contributed by atoms with Gasteiger partial charge >= 0.3 is 7.60 Å². The van der Waals surface area contributed by atoms with E-state index in [1.54, 1.807) is 13.8 Å². The molecule has 1 N–H and O–H groups in total. The van der Waals surface area contributed by atoms with Gasteiger partial charge in [0.2, 0.25) is 0 Å². The van der Waals surface area contributed by atoms with Crippen LogP contribution in [0.3, 0.4) is 0 Å². The lowest BCUT2D eigenvalue weighted by Crippen LogP contribution is -2.51. The Kier molecular flexibility index (Phi) is 12.2. The third kappa shape index (κ3) is 9.36. The molecule has 184 valence electrons. The van der Waals surface area contributed by atoms with Crippen LogP contribution in [0, 0.1) is 11.3 Å². The second-order valence-corrected chi connectivity index (χ2v) is 11.3. The molecule has 3 atom stereocenters. The molecule has 0 aliphatic rings. The molecule has 0 aliphatic carbocycles. The molecule has 1 aromatic carbocycles. The SMILES string of the molecule is CCOP(=O)(COc1ccc(/C=C/C[C@@H](C)[C@@H](O)C(N(C)CC)C(C)(C)C)cc1)OCC. The molecule has 32 heavy (non-hydrogen) atoms. The summed E-state index contributed by atoms with van der Waals surface area (Å²) in [7, 11) is -1.15. The quantitative estimate of drug-likeness (QED) is 0.334. The zero-order valence-electron chi connectivity index (χ0n) is 21.2. The Hall–Kier alpha value is -1.17. The molecule has 7 heteroatoms. The molecule has 0 saturated heterocycles. The molecule has 0 aliphatic heterocycles. The highest BCUT2D eigenvalue weighted by Gasteiger charge is 2.36. The van der Waals surface area contributed by atoms with Crippen LogP contribution in [0.15, 0.2) is 30.3 Å². The van der Waals surface area contributed by atoms with Crippen LogP contribution in [0.25, 0.3) is 6.08 Å². The molecule has 1 unspecified atom stereocenters. The molecule has 0 aromatic heterocycles. The van der Waals surface area contributed by atoms with Crippen molar-refractivity contribution in [2.75, 3.05) is 33.2 Å². The van der Waals surface area contributed by atoms with Gasteiger partial charge in [-0.1, -0.05) is 58.9 Å². The van der Waals surface area contributed by atoms with Crippen LogP contribution in [0.1, 0.15) is 60.5 Å². The maximum absolute atomic E-state index is 12.5. The molecular formula is C25H44NO5P. The Bertz CT molecular complexity index is 719. The molecule has 0 saturated carbocycles. The van der Waals surface area contributed by atoms with Crippen molar-refractivity contribution in [3.05, 3.63) is 35.9 Å². The molecule has 0 radical (unpaired) electrons. The fourth-order valence-corrected chi connectivity index (χ4v) is 5.15. The molecule has 0 bridgehead atoms. The lowest BCUT2D eigenvalue weighted by atomic mass is 9.78. The monoisotopic (exact) mass is 469 g/mol. The van der Waals surface area contributed by atoms with E-state index in [4.69, 9.17) is 13.8 Å². The Balaban J connectivity index is 2.68. The van der Waals surface area contributed by atoms with Crippen molar-refractivity contribution >= 4 is 13.7 Å². The summed E-state index contributed by atoms with van der Waals surface area (Å²) in [5, 5.41) is 11.0. The van der Waals surface area contributed by atoms with Crippen LogP contribution in [0.4, 0.5) is 0 Å². The van der Waals surface area contributed by atoms with E-state index in [2.05, 4.69) is 52.6 Å². The van der Waals surface area contributed by atoms with Gasteiger partial charge in [-0.3, -0.25) is 4.57 Å². The summed E-state index contributed by atoms with van der Waals surface area (Å²) in [5.74, 6) is 0.750. The first-order valence-corrected chi connectivity index (χ1v) is 13.4. The third-order valence-electron chi connectivity index (χ3n) is 5.51. The van der Waals surface area contributed by atoms with Crippen molar-refractivity contribution in [2.24, 2.45) is 11.3 Å². The topological polar surface area (TPSA) is 68.2 Å². The summed E-state index contributed by atoms with van der Waals surface area (Å²) in [6, 6.07) is 7.67. The fraction of sp³-hybridized carbons (Fsp3) is 0.680. The molecule has 0 fully saturated rings. The van der Waals surface area contributed by atoms with Crippen LogP contribution in [0.5, 0.6) is 5.75 Å². The number of benzene rings is 1. The van der Waals surface area contributed by atoms with Gasteiger partial charge in [-0.05, 0) is 62.9 Å². The number of hydrogen-bond acceptors (Lipinski definition) is 6. The van der Waals surface area contributed by atoms with Crippen molar-refractivity contribution in [3.63, 3.8) is 0 Å². The van der Waals surface area contributed by atoms with Gasteiger partial charge in [0.05, 0.1) is 19.3 Å². The zero-order valence-corrected chi connectivity index (χ0v) is 22.1. The molecule has 1 rings (SSSR count). The summed E-state index contributed by atoms with van der Waals surface area (Å²) < 4.78 is 28.6. The predicted molar refractivity (Wildman–Crippen MR) is 133 cm³/mol. The van der Waals surface area contributed by atoms with Gasteiger partial charge in [0, 0.05) is 6.04 Å². The standard InChI is InChI=1S/C25H44NO5P/c1-9-26(8)24(25(5,6)7)23(27)20(4)13-12-14-21-15-17-22(18-16-21)29-19-32(28,30-10-2)31-11-3/h12,14-18,20,23-24,27H,9-11,13,19H2,1-8H3/b14-12+/t20-,23-,24?/m1/s1. The Labute approximate surface area is 195 Å². The average Bonchev–Trinajstić information content (AvgIpc) is 2.72. The smallest absolute Gasteiger partial charge is 0.367 e. The Morgan fingerprint density at radius 2 is 1.66 bits per heavy atom. The van der Waals surface area contributed by atoms with E-state index in [0.717, 1.165) is 18.5 Å². The number of likely N-dealkylation sites (N-methyl/N-ethyl adjacent to an activating group) is 1. The highest BCUT2D eigenvalue weighted by Crippen LogP contribution is 2.47. The van der Waals surface area contributed by atoms with Crippen LogP contribution in [-0.4, -0.2) is 55.3 Å². The predicted octanol–water partition coefficient (Wildman–Crippen LogP) is 6.06. The minimum atomic E-state index is -3.23. The highest BCUT2D eigenvalue weighted by molar-refractivity contribution is 7.53. The third-order valence-corrected chi connectivity index (χ3v) is 7.26. The Morgan fingerprint density at radius 3 is 2.12 bits per heavy atom. The summed E-state index contributed by atoms with van der Waals surface area (Å²) in [6.45, 7) is 15.8. The average molecular weight is 470 g/mol. The van der Waals surface area contributed by atoms with Crippen molar-refractivity contribution in [1.82, 2.24) is 4.90 Å². The number of allylic oxidation sites excluding steroid dienone is 1. The first-order valence-electron chi connectivity index (χ1n) is 11.6. The van der Waals surface area contributed by atoms with E-state index in [1.807, 2.05) is 30.3 Å². The van der Waals surface area contributed by atoms with Gasteiger partial charge in [0.15, 0.2) is 6.35 Å². The van der Waals surface area contributed by atoms with Crippen molar-refractivity contribution in [2.45, 2.75) is 67.0 Å². The fourth-order valence-electron chi connectivity index (χ4n) is 3.83. The molecule has 0 amide bonds. The first kappa shape index (κ1) is 28.9. The maximum Gasteiger partial charge on any atom is 0.367 e. The van der Waals surface area contributed by atoms with Crippen molar-refractivity contribution < 1.29 is 23.5 Å². The van der Waals surface area contributed by atoms with E-state index in [1.165, 1.54) is 0 Å². The summed E-state index contributed by atoms with van der Waals surface area (Å²) in [4.78, 5) is 2.24. The maximum atomic E-state index is 12.5.